The van der Waals surface area contributed by atoms with E-state index in [0.29, 0.717) is 10.7 Å². The molecule has 16 heavy (non-hydrogen) atoms. The van der Waals surface area contributed by atoms with Crippen molar-refractivity contribution in [2.75, 3.05) is 11.5 Å². The van der Waals surface area contributed by atoms with Crippen molar-refractivity contribution in [2.24, 2.45) is 0 Å². The van der Waals surface area contributed by atoms with E-state index in [2.05, 4.69) is 11.9 Å². The second-order valence-corrected chi connectivity index (χ2v) is 4.57. The van der Waals surface area contributed by atoms with Gasteiger partial charge in [-0.15, -0.1) is 11.8 Å². The van der Waals surface area contributed by atoms with Crippen LogP contribution in [-0.2, 0) is 0 Å². The molecule has 0 aromatic carbocycles. The average Bonchev–Trinajstić information content (AvgIpc) is 2.26. The molecule has 0 amide bonds. The summed E-state index contributed by atoms with van der Waals surface area (Å²) in [5, 5.41) is 9.54. The first-order valence-corrected chi connectivity index (χ1v) is 6.25. The molecule has 5 heteroatoms. The minimum Gasteiger partial charge on any atom is -0.478 e. The third-order valence-electron chi connectivity index (χ3n) is 2.09. The summed E-state index contributed by atoms with van der Waals surface area (Å²) in [7, 11) is 0. The first kappa shape index (κ1) is 12.8. The van der Waals surface area contributed by atoms with Gasteiger partial charge >= 0.3 is 5.97 Å². The van der Waals surface area contributed by atoms with Gasteiger partial charge in [0, 0.05) is 0 Å². The number of nitrogens with zero attached hydrogens (tertiary/aromatic N) is 1. The van der Waals surface area contributed by atoms with Gasteiger partial charge in [0.2, 0.25) is 0 Å². The molecule has 1 aromatic heterocycles. The largest absolute Gasteiger partial charge is 0.478 e. The molecule has 0 spiro atoms. The van der Waals surface area contributed by atoms with Crippen LogP contribution in [0.5, 0.6) is 0 Å². The minimum absolute atomic E-state index is 0.196. The number of thioether (sulfide) groups is 1. The maximum Gasteiger partial charge on any atom is 0.338 e. The summed E-state index contributed by atoms with van der Waals surface area (Å²) >= 11 is 1.48. The van der Waals surface area contributed by atoms with Gasteiger partial charge in [0.15, 0.2) is 0 Å². The van der Waals surface area contributed by atoms with Gasteiger partial charge in [0.25, 0.3) is 0 Å². The third kappa shape index (κ3) is 3.73. The van der Waals surface area contributed by atoms with E-state index in [1.807, 2.05) is 0 Å². The smallest absolute Gasteiger partial charge is 0.338 e. The maximum absolute atomic E-state index is 11.0. The molecule has 1 aromatic rings. The zero-order chi connectivity index (χ0) is 12.0. The van der Waals surface area contributed by atoms with Gasteiger partial charge in [0.1, 0.15) is 5.03 Å². The molecule has 0 aliphatic carbocycles. The quantitative estimate of drug-likeness (QED) is 0.590. The average molecular weight is 240 g/mol. The summed E-state index contributed by atoms with van der Waals surface area (Å²) < 4.78 is 0. The van der Waals surface area contributed by atoms with Gasteiger partial charge in [0.05, 0.1) is 17.4 Å². The Balaban J connectivity index is 2.67. The second kappa shape index (κ2) is 6.37. The molecule has 0 bridgehead atoms. The van der Waals surface area contributed by atoms with Crippen LogP contribution in [0.1, 0.15) is 36.5 Å². The van der Waals surface area contributed by atoms with E-state index in [-0.39, 0.29) is 5.56 Å². The van der Waals surface area contributed by atoms with E-state index in [4.69, 9.17) is 10.8 Å². The summed E-state index contributed by atoms with van der Waals surface area (Å²) in [6.07, 6.45) is 4.88. The number of rotatable bonds is 6. The minimum atomic E-state index is -0.974. The van der Waals surface area contributed by atoms with Gasteiger partial charge in [-0.25, -0.2) is 9.78 Å². The van der Waals surface area contributed by atoms with E-state index in [1.54, 1.807) is 0 Å². The van der Waals surface area contributed by atoms with Crippen molar-refractivity contribution < 1.29 is 9.90 Å². The van der Waals surface area contributed by atoms with E-state index in [1.165, 1.54) is 24.0 Å². The first-order chi connectivity index (χ1) is 7.65. The summed E-state index contributed by atoms with van der Waals surface area (Å²) in [6, 6.07) is 1.46. The molecule has 0 aliphatic heterocycles. The number of aromatic nitrogens is 1. The number of unbranched alkanes of at least 4 members (excludes halogenated alkanes) is 2. The number of aromatic carboxylic acids is 1. The fraction of sp³-hybridized carbons (Fsp3) is 0.455. The fourth-order valence-corrected chi connectivity index (χ4v) is 2.23. The zero-order valence-corrected chi connectivity index (χ0v) is 10.1. The van der Waals surface area contributed by atoms with Crippen LogP contribution in [0, 0.1) is 0 Å². The lowest BCUT2D eigenvalue weighted by molar-refractivity contribution is 0.0692. The van der Waals surface area contributed by atoms with Gasteiger partial charge in [-0.1, -0.05) is 19.8 Å². The van der Waals surface area contributed by atoms with E-state index < -0.39 is 5.97 Å². The molecule has 0 atom stereocenters. The molecule has 0 radical (unpaired) electrons. The zero-order valence-electron chi connectivity index (χ0n) is 9.27. The summed E-state index contributed by atoms with van der Waals surface area (Å²) in [5.41, 5.74) is 6.09. The Kier molecular flexibility index (Phi) is 5.11. The molecule has 1 heterocycles. The number of carboxylic acid groups (broad SMARTS) is 1. The first-order valence-electron chi connectivity index (χ1n) is 5.26. The molecule has 1 rings (SSSR count). The lowest BCUT2D eigenvalue weighted by Gasteiger charge is -2.05. The Hall–Kier alpha value is -1.23. The van der Waals surface area contributed by atoms with Crippen LogP contribution in [0.15, 0.2) is 17.3 Å². The Bertz CT molecular complexity index is 369. The van der Waals surface area contributed by atoms with Crippen molar-refractivity contribution in [1.29, 1.82) is 0 Å². The van der Waals surface area contributed by atoms with Crippen LogP contribution in [-0.4, -0.2) is 21.8 Å². The predicted octanol–water partition coefficient (Wildman–Crippen LogP) is 2.64. The molecule has 0 aliphatic rings. The maximum atomic E-state index is 11.0. The molecule has 88 valence electrons. The highest BCUT2D eigenvalue weighted by Gasteiger charge is 2.11. The topological polar surface area (TPSA) is 76.2 Å². The van der Waals surface area contributed by atoms with Gasteiger partial charge < -0.3 is 10.8 Å². The number of nitrogens with two attached hydrogens (primary N) is 1. The normalized spacial score (nSPS) is 10.3. The van der Waals surface area contributed by atoms with Gasteiger partial charge in [-0.05, 0) is 18.2 Å². The van der Waals surface area contributed by atoms with Gasteiger partial charge in [-0.2, -0.15) is 0 Å². The summed E-state index contributed by atoms with van der Waals surface area (Å²) in [4.78, 5) is 15.0. The molecule has 0 fully saturated rings. The highest BCUT2D eigenvalue weighted by molar-refractivity contribution is 7.99. The Morgan fingerprint density at radius 2 is 2.31 bits per heavy atom. The molecule has 0 saturated heterocycles. The van der Waals surface area contributed by atoms with Crippen molar-refractivity contribution in [3.8, 4) is 0 Å². The molecule has 0 saturated carbocycles. The SMILES string of the molecule is CCCCCSc1ncc(N)cc1C(=O)O. The number of hydrogen-bond donors (Lipinski definition) is 2. The van der Waals surface area contributed by atoms with E-state index >= 15 is 0 Å². The lowest BCUT2D eigenvalue weighted by atomic mass is 10.3. The number of carboxylic acids is 1. The molecule has 0 unspecified atom stereocenters. The highest BCUT2D eigenvalue weighted by Crippen LogP contribution is 2.23. The number of anilines is 1. The highest BCUT2D eigenvalue weighted by atomic mass is 32.2. The molecule has 3 N–H and O–H groups in total. The number of pyridine rings is 1. The number of hydrogen-bond acceptors (Lipinski definition) is 4. The summed E-state index contributed by atoms with van der Waals surface area (Å²) in [6.45, 7) is 2.13. The van der Waals surface area contributed by atoms with Crippen LogP contribution >= 0.6 is 11.8 Å². The predicted molar refractivity (Wildman–Crippen MR) is 65.9 cm³/mol. The molecular formula is C11H16N2O2S. The summed E-state index contributed by atoms with van der Waals surface area (Å²) in [5.74, 6) is -0.0804. The van der Waals surface area contributed by atoms with Crippen molar-refractivity contribution >= 4 is 23.4 Å². The van der Waals surface area contributed by atoms with Gasteiger partial charge in [-0.3, -0.25) is 0 Å². The number of nitrogen functional groups attached to an aromatic ring is 1. The second-order valence-electron chi connectivity index (χ2n) is 3.48. The van der Waals surface area contributed by atoms with Crippen LogP contribution in [0.4, 0.5) is 5.69 Å². The van der Waals surface area contributed by atoms with Crippen LogP contribution < -0.4 is 5.73 Å². The third-order valence-corrected chi connectivity index (χ3v) is 3.18. The Labute approximate surface area is 99.3 Å². The molecule has 4 nitrogen and oxygen atoms in total. The van der Waals surface area contributed by atoms with Crippen LogP contribution in [0.2, 0.25) is 0 Å². The Morgan fingerprint density at radius 1 is 1.56 bits per heavy atom. The molecular weight excluding hydrogens is 224 g/mol. The van der Waals surface area contributed by atoms with Crippen molar-refractivity contribution in [1.82, 2.24) is 4.98 Å². The van der Waals surface area contributed by atoms with Crippen LogP contribution in [0.3, 0.4) is 0 Å². The van der Waals surface area contributed by atoms with E-state index in [0.717, 1.165) is 25.0 Å². The fourth-order valence-electron chi connectivity index (χ4n) is 1.26. The number of carbonyl (C=O) groups is 1. The standard InChI is InChI=1S/C11H16N2O2S/c1-2-3-4-5-16-10-9(11(14)15)6-8(12)7-13-10/h6-7H,2-5,12H2,1H3,(H,14,15). The lowest BCUT2D eigenvalue weighted by Crippen LogP contribution is -2.03. The van der Waals surface area contributed by atoms with E-state index in [9.17, 15) is 4.79 Å². The Morgan fingerprint density at radius 3 is 2.94 bits per heavy atom. The van der Waals surface area contributed by atoms with Crippen molar-refractivity contribution in [2.45, 2.75) is 31.2 Å². The van der Waals surface area contributed by atoms with Crippen molar-refractivity contribution in [3.63, 3.8) is 0 Å². The monoisotopic (exact) mass is 240 g/mol. The van der Waals surface area contributed by atoms with Crippen LogP contribution in [0.25, 0.3) is 0 Å². The van der Waals surface area contributed by atoms with Crippen molar-refractivity contribution in [3.05, 3.63) is 17.8 Å².